The van der Waals surface area contributed by atoms with Crippen molar-refractivity contribution in [1.29, 1.82) is 0 Å². The SMILES string of the molecule is CO/N=C(\C(=O)N[C@H](C(=O)O)[C@@H]1NC(C(=O)O)=C(CSc2nc(=O)c(=O)[nH]n2C)CS1)c1csc(N)n1. The number of aromatic amines is 1. The quantitative estimate of drug-likeness (QED) is 0.0798. The molecule has 0 fully saturated rings. The molecule has 7 N–H and O–H groups in total. The van der Waals surface area contributed by atoms with Crippen LogP contribution >= 0.6 is 34.9 Å². The van der Waals surface area contributed by atoms with Gasteiger partial charge in [-0.1, -0.05) is 16.9 Å². The molecule has 198 valence electrons. The van der Waals surface area contributed by atoms with Crippen molar-refractivity contribution in [3.63, 3.8) is 0 Å². The molecule has 2 atom stereocenters. The topological polar surface area (TPSA) is 244 Å². The van der Waals surface area contributed by atoms with Crippen LogP contribution in [0.25, 0.3) is 0 Å². The summed E-state index contributed by atoms with van der Waals surface area (Å²) in [6.07, 6.45) is 0. The number of carbonyl (C=O) groups excluding carboxylic acids is 1. The molecule has 0 radical (unpaired) electrons. The van der Waals surface area contributed by atoms with Crippen molar-refractivity contribution >= 4 is 63.5 Å². The van der Waals surface area contributed by atoms with Crippen LogP contribution in [0.2, 0.25) is 0 Å². The predicted octanol–water partition coefficient (Wildman–Crippen LogP) is -1.78. The Hall–Kier alpha value is -3.84. The van der Waals surface area contributed by atoms with Crippen molar-refractivity contribution < 1.29 is 29.4 Å². The zero-order valence-electron chi connectivity index (χ0n) is 19.1. The van der Waals surface area contributed by atoms with Gasteiger partial charge in [0.2, 0.25) is 0 Å². The Balaban J connectivity index is 1.79. The van der Waals surface area contributed by atoms with Crippen LogP contribution in [0.1, 0.15) is 5.69 Å². The molecule has 2 aromatic rings. The summed E-state index contributed by atoms with van der Waals surface area (Å²) in [7, 11) is 2.66. The molecule has 1 aliphatic heterocycles. The minimum atomic E-state index is -1.57. The Morgan fingerprint density at radius 1 is 1.38 bits per heavy atom. The number of carbonyl (C=O) groups is 3. The van der Waals surface area contributed by atoms with Gasteiger partial charge in [0.05, 0.1) is 0 Å². The van der Waals surface area contributed by atoms with E-state index in [0.29, 0.717) is 5.57 Å². The van der Waals surface area contributed by atoms with E-state index in [9.17, 15) is 34.2 Å². The Labute approximate surface area is 219 Å². The highest BCUT2D eigenvalue weighted by Gasteiger charge is 2.37. The molecule has 0 saturated carbocycles. The standard InChI is InChI=1S/C18H20N8O8S3/c1-26-18(23-12(28)13(29)24-26)37-4-6-3-35-14(22-8(6)15(30)31)10(16(32)33)21-11(27)9(25-34-2)7-5-36-17(19)20-7/h5,10,14,22H,3-4H2,1-2H3,(H2,19,20)(H,21,27)(H,24,29)(H,30,31)(H,32,33)/b25-9-/t10-,14+/m0/s1. The third-order valence-corrected chi connectivity index (χ3v) is 7.69. The number of carboxylic acids is 2. The van der Waals surface area contributed by atoms with Crippen LogP contribution in [-0.4, -0.2) is 83.6 Å². The molecular formula is C18H20N8O8S3. The maximum absolute atomic E-state index is 12.8. The first kappa shape index (κ1) is 27.7. The van der Waals surface area contributed by atoms with Gasteiger partial charge in [-0.15, -0.1) is 23.1 Å². The van der Waals surface area contributed by atoms with Gasteiger partial charge in [-0.05, 0) is 5.57 Å². The van der Waals surface area contributed by atoms with Crippen LogP contribution < -0.4 is 27.5 Å². The largest absolute Gasteiger partial charge is 0.480 e. The van der Waals surface area contributed by atoms with E-state index in [-0.39, 0.29) is 38.9 Å². The molecule has 19 heteroatoms. The number of amides is 1. The van der Waals surface area contributed by atoms with Gasteiger partial charge in [0.25, 0.3) is 5.91 Å². The number of thioether (sulfide) groups is 2. The highest BCUT2D eigenvalue weighted by Crippen LogP contribution is 2.28. The molecule has 16 nitrogen and oxygen atoms in total. The number of nitrogens with two attached hydrogens (primary N) is 1. The van der Waals surface area contributed by atoms with Crippen LogP contribution in [0.3, 0.4) is 0 Å². The summed E-state index contributed by atoms with van der Waals surface area (Å²) in [4.78, 5) is 72.0. The van der Waals surface area contributed by atoms with Crippen LogP contribution in [0, 0.1) is 0 Å². The number of hydrogen-bond donors (Lipinski definition) is 6. The minimum Gasteiger partial charge on any atom is -0.480 e. The highest BCUT2D eigenvalue weighted by molar-refractivity contribution is 8.00. The van der Waals surface area contributed by atoms with Crippen molar-refractivity contribution in [3.8, 4) is 0 Å². The second-order valence-electron chi connectivity index (χ2n) is 7.13. The first-order chi connectivity index (χ1) is 17.5. The Morgan fingerprint density at radius 2 is 2.11 bits per heavy atom. The lowest BCUT2D eigenvalue weighted by atomic mass is 10.2. The van der Waals surface area contributed by atoms with Crippen LogP contribution in [0.4, 0.5) is 5.13 Å². The lowest BCUT2D eigenvalue weighted by molar-refractivity contribution is -0.141. The zero-order chi connectivity index (χ0) is 27.3. The lowest BCUT2D eigenvalue weighted by Gasteiger charge is -2.31. The second-order valence-corrected chi connectivity index (χ2v) is 10.1. The van der Waals surface area contributed by atoms with Crippen LogP contribution in [0.5, 0.6) is 0 Å². The number of nitrogen functional groups attached to an aromatic ring is 1. The maximum Gasteiger partial charge on any atom is 0.352 e. The summed E-state index contributed by atoms with van der Waals surface area (Å²) >= 11 is 3.10. The normalized spacial score (nSPS) is 16.6. The van der Waals surface area contributed by atoms with Crippen molar-refractivity contribution in [2.24, 2.45) is 12.2 Å². The van der Waals surface area contributed by atoms with Gasteiger partial charge in [-0.2, -0.15) is 4.98 Å². The fraction of sp³-hybridized carbons (Fsp3) is 0.333. The van der Waals surface area contributed by atoms with E-state index < -0.39 is 40.4 Å². The summed E-state index contributed by atoms with van der Waals surface area (Å²) in [5.74, 6) is -3.54. The highest BCUT2D eigenvalue weighted by atomic mass is 32.2. The van der Waals surface area contributed by atoms with E-state index in [1.165, 1.54) is 24.2 Å². The van der Waals surface area contributed by atoms with Gasteiger partial charge < -0.3 is 31.4 Å². The summed E-state index contributed by atoms with van der Waals surface area (Å²) in [5, 5.41) is 31.1. The smallest absolute Gasteiger partial charge is 0.352 e. The molecule has 0 saturated heterocycles. The number of anilines is 1. The Bertz CT molecular complexity index is 1400. The van der Waals surface area contributed by atoms with Crippen molar-refractivity contribution in [2.75, 3.05) is 24.3 Å². The molecular weight excluding hydrogens is 552 g/mol. The molecule has 0 unspecified atom stereocenters. The number of aryl methyl sites for hydroxylation is 1. The first-order valence-electron chi connectivity index (χ1n) is 10.0. The molecule has 1 aliphatic rings. The second kappa shape index (κ2) is 11.9. The molecule has 37 heavy (non-hydrogen) atoms. The van der Waals surface area contributed by atoms with Gasteiger partial charge in [0, 0.05) is 23.9 Å². The van der Waals surface area contributed by atoms with Gasteiger partial charge >= 0.3 is 23.1 Å². The molecule has 3 rings (SSSR count). The number of carboxylic acid groups (broad SMARTS) is 2. The third kappa shape index (κ3) is 6.68. The maximum atomic E-state index is 12.8. The minimum absolute atomic E-state index is 0.0701. The zero-order valence-corrected chi connectivity index (χ0v) is 21.5. The number of hydrogen-bond acceptors (Lipinski definition) is 14. The van der Waals surface area contributed by atoms with E-state index >= 15 is 0 Å². The van der Waals surface area contributed by atoms with Gasteiger partial charge in [-0.3, -0.25) is 24.2 Å². The van der Waals surface area contributed by atoms with Crippen molar-refractivity contribution in [1.82, 2.24) is 30.4 Å². The predicted molar refractivity (Wildman–Crippen MR) is 135 cm³/mol. The number of nitrogens with one attached hydrogen (secondary N) is 3. The molecule has 0 aromatic carbocycles. The molecule has 2 aromatic heterocycles. The van der Waals surface area contributed by atoms with E-state index in [0.717, 1.165) is 34.9 Å². The Kier molecular flexibility index (Phi) is 8.95. The number of H-pyrrole nitrogens is 1. The number of thiazole rings is 1. The number of aliphatic carboxylic acids is 2. The number of oxime groups is 1. The van der Waals surface area contributed by atoms with E-state index in [2.05, 4.69) is 35.7 Å². The summed E-state index contributed by atoms with van der Waals surface area (Å²) in [6.45, 7) is 0. The average Bonchev–Trinajstić information content (AvgIpc) is 3.27. The molecule has 0 aliphatic carbocycles. The molecule has 0 bridgehead atoms. The average molecular weight is 573 g/mol. The molecule has 1 amide bonds. The van der Waals surface area contributed by atoms with Gasteiger partial charge in [-0.25, -0.2) is 14.6 Å². The van der Waals surface area contributed by atoms with Gasteiger partial charge in [0.15, 0.2) is 22.0 Å². The summed E-state index contributed by atoms with van der Waals surface area (Å²) in [6, 6.07) is -1.57. The fourth-order valence-corrected chi connectivity index (χ4v) is 5.78. The fourth-order valence-electron chi connectivity index (χ4n) is 2.96. The van der Waals surface area contributed by atoms with Crippen LogP contribution in [0.15, 0.2) is 36.6 Å². The molecule has 3 heterocycles. The van der Waals surface area contributed by atoms with Gasteiger partial charge in [0.1, 0.15) is 23.9 Å². The van der Waals surface area contributed by atoms with Crippen molar-refractivity contribution in [2.45, 2.75) is 16.6 Å². The van der Waals surface area contributed by atoms with E-state index in [1.807, 2.05) is 0 Å². The summed E-state index contributed by atoms with van der Waals surface area (Å²) in [5.41, 5.74) is 3.60. The summed E-state index contributed by atoms with van der Waals surface area (Å²) < 4.78 is 1.23. The van der Waals surface area contributed by atoms with Crippen molar-refractivity contribution in [3.05, 3.63) is 43.1 Å². The third-order valence-electron chi connectivity index (χ3n) is 4.63. The Morgan fingerprint density at radius 3 is 2.70 bits per heavy atom. The first-order valence-corrected chi connectivity index (χ1v) is 12.9. The number of aromatic nitrogens is 4. The number of rotatable bonds is 10. The molecule has 0 spiro atoms. The number of nitrogens with zero attached hydrogens (tertiary/aromatic N) is 4. The van der Waals surface area contributed by atoms with E-state index in [4.69, 9.17) is 5.73 Å². The van der Waals surface area contributed by atoms with Crippen LogP contribution in [-0.2, 0) is 26.3 Å². The lowest BCUT2D eigenvalue weighted by Crippen LogP contribution is -2.56. The monoisotopic (exact) mass is 572 g/mol. The van der Waals surface area contributed by atoms with E-state index in [1.54, 1.807) is 0 Å².